The number of nitrogens with zero attached hydrogens (tertiary/aromatic N) is 3. The van der Waals surface area contributed by atoms with Gasteiger partial charge in [-0.05, 0) is 28.9 Å². The van der Waals surface area contributed by atoms with E-state index in [1.807, 2.05) is 0 Å². The lowest BCUT2D eigenvalue weighted by molar-refractivity contribution is 0.312. The quantitative estimate of drug-likeness (QED) is 0.837. The molecule has 0 aliphatic carbocycles. The van der Waals surface area contributed by atoms with Crippen molar-refractivity contribution in [2.45, 2.75) is 19.8 Å². The first-order valence-corrected chi connectivity index (χ1v) is 7.28. The third kappa shape index (κ3) is 2.57. The van der Waals surface area contributed by atoms with Crippen molar-refractivity contribution in [2.24, 2.45) is 0 Å². The Morgan fingerprint density at radius 3 is 2.38 bits per heavy atom. The highest BCUT2D eigenvalue weighted by molar-refractivity contribution is 9.11. The van der Waals surface area contributed by atoms with Crippen LogP contribution in [0.2, 0.25) is 0 Å². The van der Waals surface area contributed by atoms with Crippen molar-refractivity contribution in [1.82, 2.24) is 9.88 Å². The van der Waals surface area contributed by atoms with Crippen LogP contribution in [0.5, 0.6) is 0 Å². The molecule has 0 amide bonds. The SMILES string of the molecule is CC(C)c1nc(N2CCN(C)CC2)sc1Br. The third-order valence-corrected chi connectivity index (χ3v) is 4.73. The molecule has 0 atom stereocenters. The van der Waals surface area contributed by atoms with Gasteiger partial charge in [0.1, 0.15) is 0 Å². The maximum atomic E-state index is 4.74. The van der Waals surface area contributed by atoms with E-state index in [1.54, 1.807) is 11.3 Å². The Bertz CT molecular complexity index is 356. The molecule has 1 aliphatic heterocycles. The zero-order valence-corrected chi connectivity index (χ0v) is 12.4. The molecule has 1 aromatic heterocycles. The van der Waals surface area contributed by atoms with Gasteiger partial charge >= 0.3 is 0 Å². The summed E-state index contributed by atoms with van der Waals surface area (Å²) in [5.41, 5.74) is 1.19. The van der Waals surface area contributed by atoms with E-state index >= 15 is 0 Å². The number of hydrogen-bond donors (Lipinski definition) is 0. The Hall–Kier alpha value is -0.130. The molecule has 0 unspecified atom stereocenters. The summed E-state index contributed by atoms with van der Waals surface area (Å²) in [4.78, 5) is 9.49. The third-order valence-electron chi connectivity index (χ3n) is 2.92. The predicted octanol–water partition coefficient (Wildman–Crippen LogP) is 2.78. The maximum absolute atomic E-state index is 4.74. The molecule has 2 rings (SSSR count). The van der Waals surface area contributed by atoms with Crippen LogP contribution in [0.25, 0.3) is 0 Å². The zero-order valence-electron chi connectivity index (χ0n) is 10.0. The van der Waals surface area contributed by atoms with E-state index in [2.05, 4.69) is 46.6 Å². The summed E-state index contributed by atoms with van der Waals surface area (Å²) in [6.45, 7) is 8.82. The standard InChI is InChI=1S/C11H18BrN3S/c1-8(2)9-10(12)16-11(13-9)15-6-4-14(3)5-7-15/h8H,4-7H2,1-3H3. The molecule has 0 N–H and O–H groups in total. The van der Waals surface area contributed by atoms with E-state index in [0.717, 1.165) is 26.2 Å². The molecular weight excluding hydrogens is 286 g/mol. The van der Waals surface area contributed by atoms with Crippen LogP contribution in [-0.2, 0) is 0 Å². The monoisotopic (exact) mass is 303 g/mol. The van der Waals surface area contributed by atoms with Crippen molar-refractivity contribution in [1.29, 1.82) is 0 Å². The first-order valence-electron chi connectivity index (χ1n) is 5.67. The highest BCUT2D eigenvalue weighted by atomic mass is 79.9. The second-order valence-electron chi connectivity index (χ2n) is 4.60. The van der Waals surface area contributed by atoms with Gasteiger partial charge < -0.3 is 9.80 Å². The first-order chi connectivity index (χ1) is 7.58. The van der Waals surface area contributed by atoms with E-state index in [9.17, 15) is 0 Å². The molecule has 1 saturated heterocycles. The van der Waals surface area contributed by atoms with Gasteiger partial charge in [-0.2, -0.15) is 0 Å². The number of hydrogen-bond acceptors (Lipinski definition) is 4. The molecule has 0 radical (unpaired) electrons. The van der Waals surface area contributed by atoms with E-state index in [0.29, 0.717) is 5.92 Å². The van der Waals surface area contributed by atoms with Crippen LogP contribution in [0.4, 0.5) is 5.13 Å². The van der Waals surface area contributed by atoms with E-state index in [4.69, 9.17) is 4.98 Å². The molecule has 1 fully saturated rings. The lowest BCUT2D eigenvalue weighted by Crippen LogP contribution is -2.44. The van der Waals surface area contributed by atoms with Gasteiger partial charge in [0, 0.05) is 26.2 Å². The molecule has 0 bridgehead atoms. The number of likely N-dealkylation sites (N-methyl/N-ethyl adjacent to an activating group) is 1. The van der Waals surface area contributed by atoms with Crippen LogP contribution in [0, 0.1) is 0 Å². The van der Waals surface area contributed by atoms with Gasteiger partial charge in [-0.25, -0.2) is 4.98 Å². The summed E-state index contributed by atoms with van der Waals surface area (Å²) < 4.78 is 1.19. The lowest BCUT2D eigenvalue weighted by atomic mass is 10.2. The van der Waals surface area contributed by atoms with Crippen LogP contribution in [-0.4, -0.2) is 43.1 Å². The minimum absolute atomic E-state index is 0.492. The average molecular weight is 304 g/mol. The van der Waals surface area contributed by atoms with Crippen LogP contribution < -0.4 is 4.90 Å². The Labute approximate surface area is 110 Å². The van der Waals surface area contributed by atoms with Crippen LogP contribution in [0.1, 0.15) is 25.5 Å². The highest BCUT2D eigenvalue weighted by Crippen LogP contribution is 2.35. The van der Waals surface area contributed by atoms with Crippen LogP contribution in [0.15, 0.2) is 3.79 Å². The van der Waals surface area contributed by atoms with Gasteiger partial charge in [0.05, 0.1) is 9.48 Å². The molecule has 90 valence electrons. The molecule has 0 aromatic carbocycles. The summed E-state index contributed by atoms with van der Waals surface area (Å²) in [5.74, 6) is 0.492. The van der Waals surface area contributed by atoms with E-state index in [1.165, 1.54) is 14.6 Å². The Morgan fingerprint density at radius 1 is 1.25 bits per heavy atom. The molecule has 1 aliphatic rings. The van der Waals surface area contributed by atoms with Crippen molar-refractivity contribution in [3.05, 3.63) is 9.48 Å². The fourth-order valence-electron chi connectivity index (χ4n) is 1.79. The molecule has 0 spiro atoms. The molecular formula is C11H18BrN3S. The fraction of sp³-hybridized carbons (Fsp3) is 0.727. The second kappa shape index (κ2) is 5.02. The maximum Gasteiger partial charge on any atom is 0.186 e. The van der Waals surface area contributed by atoms with Crippen molar-refractivity contribution in [2.75, 3.05) is 38.1 Å². The molecule has 3 nitrogen and oxygen atoms in total. The van der Waals surface area contributed by atoms with Gasteiger partial charge in [0.15, 0.2) is 5.13 Å². The normalized spacial score (nSPS) is 18.4. The highest BCUT2D eigenvalue weighted by Gasteiger charge is 2.20. The Morgan fingerprint density at radius 2 is 1.88 bits per heavy atom. The molecule has 1 aromatic rings. The van der Waals surface area contributed by atoms with Crippen molar-refractivity contribution >= 4 is 32.4 Å². The lowest BCUT2D eigenvalue weighted by Gasteiger charge is -2.32. The van der Waals surface area contributed by atoms with E-state index in [-0.39, 0.29) is 0 Å². The minimum atomic E-state index is 0.492. The number of aromatic nitrogens is 1. The summed E-state index contributed by atoms with van der Waals surface area (Å²) in [6.07, 6.45) is 0. The summed E-state index contributed by atoms with van der Waals surface area (Å²) in [7, 11) is 2.18. The van der Waals surface area contributed by atoms with Crippen molar-refractivity contribution in [3.8, 4) is 0 Å². The predicted molar refractivity (Wildman–Crippen MR) is 73.6 cm³/mol. The number of thiazole rings is 1. The number of anilines is 1. The Kier molecular flexibility index (Phi) is 3.87. The van der Waals surface area contributed by atoms with Gasteiger partial charge in [0.2, 0.25) is 0 Å². The summed E-state index contributed by atoms with van der Waals surface area (Å²) in [5, 5.41) is 1.17. The summed E-state index contributed by atoms with van der Waals surface area (Å²) >= 11 is 5.38. The Balaban J connectivity index is 2.12. The van der Waals surface area contributed by atoms with Gasteiger partial charge in [-0.15, -0.1) is 0 Å². The zero-order chi connectivity index (χ0) is 11.7. The fourth-order valence-corrected chi connectivity index (χ4v) is 3.77. The second-order valence-corrected chi connectivity index (χ2v) is 6.90. The van der Waals surface area contributed by atoms with Crippen molar-refractivity contribution < 1.29 is 0 Å². The minimum Gasteiger partial charge on any atom is -0.345 e. The molecule has 0 saturated carbocycles. The van der Waals surface area contributed by atoms with Crippen LogP contribution in [0.3, 0.4) is 0 Å². The topological polar surface area (TPSA) is 19.4 Å². The number of halogens is 1. The van der Waals surface area contributed by atoms with Gasteiger partial charge in [0.25, 0.3) is 0 Å². The van der Waals surface area contributed by atoms with Gasteiger partial charge in [-0.1, -0.05) is 25.2 Å². The van der Waals surface area contributed by atoms with Crippen molar-refractivity contribution in [3.63, 3.8) is 0 Å². The van der Waals surface area contributed by atoms with Gasteiger partial charge in [-0.3, -0.25) is 0 Å². The van der Waals surface area contributed by atoms with Crippen LogP contribution >= 0.6 is 27.3 Å². The van der Waals surface area contributed by atoms with E-state index < -0.39 is 0 Å². The summed E-state index contributed by atoms with van der Waals surface area (Å²) in [6, 6.07) is 0. The smallest absolute Gasteiger partial charge is 0.186 e. The average Bonchev–Trinajstić information content (AvgIpc) is 2.61. The molecule has 2 heterocycles. The number of rotatable bonds is 2. The molecule has 5 heteroatoms. The first kappa shape index (κ1) is 12.3. The number of piperazine rings is 1. The largest absolute Gasteiger partial charge is 0.345 e. The molecule has 16 heavy (non-hydrogen) atoms.